The van der Waals surface area contributed by atoms with E-state index in [1.165, 1.54) is 0 Å². The molecule has 3 nitrogen and oxygen atoms in total. The normalized spacial score (nSPS) is 31.6. The average Bonchev–Trinajstić information content (AvgIpc) is 2.37. The van der Waals surface area contributed by atoms with Crippen molar-refractivity contribution < 1.29 is 14.3 Å². The van der Waals surface area contributed by atoms with E-state index in [9.17, 15) is 9.59 Å². The maximum absolute atomic E-state index is 11.4. The van der Waals surface area contributed by atoms with E-state index < -0.39 is 0 Å². The molecule has 0 bridgehead atoms. The molecule has 1 aliphatic heterocycles. The molecule has 0 amide bonds. The van der Waals surface area contributed by atoms with Crippen molar-refractivity contribution >= 4 is 11.8 Å². The summed E-state index contributed by atoms with van der Waals surface area (Å²) in [7, 11) is 0. The van der Waals surface area contributed by atoms with E-state index in [-0.39, 0.29) is 29.7 Å². The van der Waals surface area contributed by atoms with E-state index in [0.717, 1.165) is 19.3 Å². The number of carbonyl (C=O) groups excluding carboxylic acids is 2. The van der Waals surface area contributed by atoms with Crippen molar-refractivity contribution in [1.82, 2.24) is 0 Å². The first kappa shape index (κ1) is 11.2. The van der Waals surface area contributed by atoms with Gasteiger partial charge in [-0.2, -0.15) is 0 Å². The van der Waals surface area contributed by atoms with Crippen LogP contribution in [0.1, 0.15) is 40.0 Å². The highest BCUT2D eigenvalue weighted by atomic mass is 16.6. The first-order valence-electron chi connectivity index (χ1n) is 5.28. The van der Waals surface area contributed by atoms with Gasteiger partial charge < -0.3 is 4.74 Å². The molecule has 0 unspecified atom stereocenters. The van der Waals surface area contributed by atoms with E-state index >= 15 is 0 Å². The fraction of sp³-hybridized carbons (Fsp3) is 0.818. The molecular formula is C11H18O3. The van der Waals surface area contributed by atoms with E-state index in [2.05, 4.69) is 6.92 Å². The molecule has 0 aromatic carbocycles. The summed E-state index contributed by atoms with van der Waals surface area (Å²) in [6.07, 6.45) is 2.57. The van der Waals surface area contributed by atoms with Crippen LogP contribution in [0.3, 0.4) is 0 Å². The molecule has 3 heteroatoms. The second kappa shape index (κ2) is 4.58. The maximum atomic E-state index is 11.4. The van der Waals surface area contributed by atoms with Crippen molar-refractivity contribution in [2.45, 2.75) is 46.1 Å². The van der Waals surface area contributed by atoms with Gasteiger partial charge in [-0.1, -0.05) is 19.8 Å². The fourth-order valence-electron chi connectivity index (χ4n) is 2.15. The number of ether oxygens (including phenoxy) is 1. The largest absolute Gasteiger partial charge is 0.462 e. The van der Waals surface area contributed by atoms with E-state index in [4.69, 9.17) is 4.74 Å². The number of Topliss-reactive ketones (excluding diaryl/α,β-unsaturated/α-hetero) is 1. The number of hydrogen-bond acceptors (Lipinski definition) is 3. The third-order valence-electron chi connectivity index (χ3n) is 2.88. The van der Waals surface area contributed by atoms with Gasteiger partial charge in [0.25, 0.3) is 0 Å². The van der Waals surface area contributed by atoms with Crippen molar-refractivity contribution in [3.8, 4) is 0 Å². The van der Waals surface area contributed by atoms with Crippen LogP contribution in [0.4, 0.5) is 0 Å². The lowest BCUT2D eigenvalue weighted by Crippen LogP contribution is -2.25. The molecule has 0 radical (unpaired) electrons. The van der Waals surface area contributed by atoms with Crippen molar-refractivity contribution in [3.05, 3.63) is 0 Å². The van der Waals surface area contributed by atoms with Crippen LogP contribution in [0.25, 0.3) is 0 Å². The lowest BCUT2D eigenvalue weighted by atomic mass is 9.84. The zero-order valence-electron chi connectivity index (χ0n) is 9.08. The second-order valence-corrected chi connectivity index (χ2v) is 4.03. The van der Waals surface area contributed by atoms with Crippen LogP contribution in [0.5, 0.6) is 0 Å². The quantitative estimate of drug-likeness (QED) is 0.648. The molecule has 1 rings (SSSR count). The molecule has 0 aromatic rings. The summed E-state index contributed by atoms with van der Waals surface area (Å²) in [5, 5.41) is 0. The Labute approximate surface area is 84.8 Å². The molecule has 3 atom stereocenters. The topological polar surface area (TPSA) is 43.4 Å². The van der Waals surface area contributed by atoms with Crippen molar-refractivity contribution in [1.29, 1.82) is 0 Å². The first-order chi connectivity index (χ1) is 6.57. The monoisotopic (exact) mass is 198 g/mol. The van der Waals surface area contributed by atoms with E-state index in [1.54, 1.807) is 13.8 Å². The number of unbranched alkanes of at least 4 members (excludes halogenated alkanes) is 1. The number of ketones is 1. The van der Waals surface area contributed by atoms with Gasteiger partial charge in [0.05, 0.1) is 11.8 Å². The summed E-state index contributed by atoms with van der Waals surface area (Å²) in [5.74, 6) is -0.521. The predicted molar refractivity (Wildman–Crippen MR) is 52.7 cm³/mol. The summed E-state index contributed by atoms with van der Waals surface area (Å²) >= 11 is 0. The van der Waals surface area contributed by atoms with Gasteiger partial charge in [0.1, 0.15) is 11.9 Å². The number of esters is 1. The highest BCUT2D eigenvalue weighted by Crippen LogP contribution is 2.32. The Morgan fingerprint density at radius 2 is 2.14 bits per heavy atom. The molecule has 1 aliphatic rings. The molecule has 14 heavy (non-hydrogen) atoms. The second-order valence-electron chi connectivity index (χ2n) is 4.03. The van der Waals surface area contributed by atoms with Crippen LogP contribution >= 0.6 is 0 Å². The number of carbonyl (C=O) groups is 2. The standard InChI is InChI=1S/C11H18O3/c1-4-5-6-9-10(7(2)12)8(3)14-11(9)13/h8-10H,4-6H2,1-3H3/t8-,9+,10-/m0/s1. The minimum Gasteiger partial charge on any atom is -0.462 e. The highest BCUT2D eigenvalue weighted by Gasteiger charge is 2.44. The van der Waals surface area contributed by atoms with Crippen LogP contribution in [-0.4, -0.2) is 17.9 Å². The number of cyclic esters (lactones) is 1. The Hall–Kier alpha value is -0.860. The smallest absolute Gasteiger partial charge is 0.310 e. The minimum atomic E-state index is -0.234. The summed E-state index contributed by atoms with van der Waals surface area (Å²) in [5.41, 5.74) is 0. The summed E-state index contributed by atoms with van der Waals surface area (Å²) in [4.78, 5) is 22.8. The number of rotatable bonds is 4. The van der Waals surface area contributed by atoms with E-state index in [0.29, 0.717) is 0 Å². The van der Waals surface area contributed by atoms with Gasteiger partial charge in [-0.25, -0.2) is 0 Å². The van der Waals surface area contributed by atoms with Crippen LogP contribution in [0.15, 0.2) is 0 Å². The van der Waals surface area contributed by atoms with Gasteiger partial charge >= 0.3 is 5.97 Å². The van der Waals surface area contributed by atoms with Gasteiger partial charge in [0, 0.05) is 0 Å². The molecule has 80 valence electrons. The Morgan fingerprint density at radius 1 is 1.50 bits per heavy atom. The highest BCUT2D eigenvalue weighted by molar-refractivity contribution is 5.88. The average molecular weight is 198 g/mol. The lowest BCUT2D eigenvalue weighted by Gasteiger charge is -2.14. The van der Waals surface area contributed by atoms with Gasteiger partial charge in [0.2, 0.25) is 0 Å². The molecule has 1 heterocycles. The van der Waals surface area contributed by atoms with Crippen molar-refractivity contribution in [3.63, 3.8) is 0 Å². The molecule has 0 aromatic heterocycles. The zero-order chi connectivity index (χ0) is 10.7. The van der Waals surface area contributed by atoms with Gasteiger partial charge in [-0.05, 0) is 20.3 Å². The summed E-state index contributed by atoms with van der Waals surface area (Å²) in [6, 6.07) is 0. The summed E-state index contributed by atoms with van der Waals surface area (Å²) in [6.45, 7) is 5.42. The zero-order valence-corrected chi connectivity index (χ0v) is 9.08. The molecule has 0 saturated carbocycles. The molecule has 1 fully saturated rings. The van der Waals surface area contributed by atoms with Crippen molar-refractivity contribution in [2.24, 2.45) is 11.8 Å². The minimum absolute atomic E-state index is 0.0736. The Morgan fingerprint density at radius 3 is 2.64 bits per heavy atom. The third-order valence-corrected chi connectivity index (χ3v) is 2.88. The molecular weight excluding hydrogens is 180 g/mol. The number of hydrogen-bond donors (Lipinski definition) is 0. The Bertz CT molecular complexity index is 235. The van der Waals surface area contributed by atoms with Crippen molar-refractivity contribution in [2.75, 3.05) is 0 Å². The van der Waals surface area contributed by atoms with Crippen LogP contribution < -0.4 is 0 Å². The third kappa shape index (κ3) is 2.14. The fourth-order valence-corrected chi connectivity index (χ4v) is 2.15. The van der Waals surface area contributed by atoms with Gasteiger partial charge in [-0.15, -0.1) is 0 Å². The molecule has 0 spiro atoms. The van der Waals surface area contributed by atoms with E-state index in [1.807, 2.05) is 0 Å². The summed E-state index contributed by atoms with van der Waals surface area (Å²) < 4.78 is 5.09. The SMILES string of the molecule is CCCC[C@H]1C(=O)O[C@@H](C)[C@@H]1C(C)=O. The maximum Gasteiger partial charge on any atom is 0.310 e. The van der Waals surface area contributed by atoms with Gasteiger partial charge in [0.15, 0.2) is 0 Å². The Balaban J connectivity index is 2.68. The molecule has 0 N–H and O–H groups in total. The Kier molecular flexibility index (Phi) is 3.67. The first-order valence-corrected chi connectivity index (χ1v) is 5.28. The van der Waals surface area contributed by atoms with Gasteiger partial charge in [-0.3, -0.25) is 9.59 Å². The van der Waals surface area contributed by atoms with Crippen LogP contribution in [-0.2, 0) is 14.3 Å². The van der Waals surface area contributed by atoms with Crippen LogP contribution in [0, 0.1) is 11.8 Å². The van der Waals surface area contributed by atoms with Crippen LogP contribution in [0.2, 0.25) is 0 Å². The lowest BCUT2D eigenvalue weighted by molar-refractivity contribution is -0.143. The predicted octanol–water partition coefficient (Wildman–Crippen LogP) is 1.94. The molecule has 0 aliphatic carbocycles. The molecule has 1 saturated heterocycles.